The van der Waals surface area contributed by atoms with Crippen molar-refractivity contribution in [2.24, 2.45) is 5.92 Å². The first-order chi connectivity index (χ1) is 24.0. The molecule has 14 nitrogen and oxygen atoms in total. The molecule has 0 saturated carbocycles. The quantitative estimate of drug-likeness (QED) is 0.137. The molecule has 1 fully saturated rings. The number of rotatable bonds is 14. The molecular formula is C34H36F2N2O12. The Morgan fingerprint density at radius 3 is 2.10 bits per heavy atom. The molecule has 50 heavy (non-hydrogen) atoms. The molecule has 4 rings (SSSR count). The lowest BCUT2D eigenvalue weighted by Gasteiger charge is -2.35. The summed E-state index contributed by atoms with van der Waals surface area (Å²) < 4.78 is 66.9. The largest absolute Gasteiger partial charge is 0.493 e. The summed E-state index contributed by atoms with van der Waals surface area (Å²) in [4.78, 5) is 55.0. The molecule has 3 aromatic rings. The van der Waals surface area contributed by atoms with E-state index in [9.17, 15) is 28.7 Å². The second-order valence-corrected chi connectivity index (χ2v) is 10.8. The highest BCUT2D eigenvalue weighted by Crippen LogP contribution is 2.39. The van der Waals surface area contributed by atoms with Gasteiger partial charge in [0.2, 0.25) is 12.0 Å². The number of hydrogen-bond donors (Lipinski definition) is 2. The lowest BCUT2D eigenvalue weighted by atomic mass is 9.86. The van der Waals surface area contributed by atoms with Crippen molar-refractivity contribution in [3.8, 4) is 23.0 Å². The number of nitrogens with one attached hydrogen (secondary N) is 1. The van der Waals surface area contributed by atoms with Gasteiger partial charge in [0.1, 0.15) is 17.4 Å². The number of carboxylic acid groups (broad SMARTS) is 1. The van der Waals surface area contributed by atoms with Crippen molar-refractivity contribution in [2.45, 2.75) is 25.1 Å². The first kappa shape index (κ1) is 37.3. The minimum Gasteiger partial charge on any atom is -0.493 e. The molecule has 3 atom stereocenters. The molecule has 1 aliphatic heterocycles. The number of methoxy groups -OCH3 is 4. The molecule has 268 valence electrons. The van der Waals surface area contributed by atoms with Gasteiger partial charge in [-0.05, 0) is 37.1 Å². The van der Waals surface area contributed by atoms with Gasteiger partial charge in [0.15, 0.2) is 30.9 Å². The monoisotopic (exact) mass is 702 g/mol. The molecular weight excluding hydrogens is 666 g/mol. The first-order valence-electron chi connectivity index (χ1n) is 15.1. The highest BCUT2D eigenvalue weighted by atomic mass is 19.1. The molecule has 1 heterocycles. The number of esters is 1. The number of halogens is 2. The number of amides is 2. The lowest BCUT2D eigenvalue weighted by molar-refractivity contribution is -0.0416. The van der Waals surface area contributed by atoms with Crippen LogP contribution in [-0.2, 0) is 14.2 Å². The number of nitrogens with zero attached hydrogens (tertiary/aromatic N) is 1. The summed E-state index contributed by atoms with van der Waals surface area (Å²) in [5.74, 6) is -6.83. The van der Waals surface area contributed by atoms with E-state index < -0.39 is 71.7 Å². The van der Waals surface area contributed by atoms with Crippen LogP contribution in [0, 0.1) is 17.6 Å². The number of carbonyl (C=O) groups is 4. The summed E-state index contributed by atoms with van der Waals surface area (Å²) in [5.41, 5.74) is -0.713. The number of carbonyl (C=O) groups excluding carboxylic acids is 3. The Labute approximate surface area is 285 Å². The van der Waals surface area contributed by atoms with Crippen LogP contribution in [-0.4, -0.2) is 94.6 Å². The molecule has 0 aromatic heterocycles. The minimum atomic E-state index is -1.81. The second-order valence-electron chi connectivity index (χ2n) is 10.8. The molecule has 2 amide bonds. The van der Waals surface area contributed by atoms with Crippen LogP contribution in [0.2, 0.25) is 0 Å². The smallest absolute Gasteiger partial charge is 0.410 e. The fourth-order valence-electron chi connectivity index (χ4n) is 5.46. The lowest BCUT2D eigenvalue weighted by Crippen LogP contribution is -2.58. The zero-order valence-electron chi connectivity index (χ0n) is 27.6. The summed E-state index contributed by atoms with van der Waals surface area (Å²) in [6.45, 7) is -0.879. The molecule has 3 aromatic carbocycles. The molecule has 1 saturated heterocycles. The summed E-state index contributed by atoms with van der Waals surface area (Å²) in [5, 5.41) is 12.9. The highest BCUT2D eigenvalue weighted by Gasteiger charge is 2.46. The van der Waals surface area contributed by atoms with Crippen LogP contribution in [0.5, 0.6) is 23.0 Å². The minimum absolute atomic E-state index is 0.0265. The van der Waals surface area contributed by atoms with Crippen molar-refractivity contribution < 1.29 is 66.2 Å². The van der Waals surface area contributed by atoms with E-state index in [4.69, 9.17) is 33.2 Å². The summed E-state index contributed by atoms with van der Waals surface area (Å²) in [7, 11) is 5.30. The van der Waals surface area contributed by atoms with Crippen molar-refractivity contribution in [2.75, 3.05) is 48.6 Å². The number of likely N-dealkylation sites (tertiary alicyclic amines) is 1. The predicted octanol–water partition coefficient (Wildman–Crippen LogP) is 4.50. The zero-order valence-corrected chi connectivity index (χ0v) is 27.6. The van der Waals surface area contributed by atoms with E-state index in [1.165, 1.54) is 52.7 Å². The number of ketones is 1. The SMILES string of the molecule is COCOc1cc(F)cc(F)c1C(=O)C1CCCN(C(=O)O)C(OC(=O)c2ccccc2)C1NC(=O)c1cc(OC)c(OCOC)c(OC)c1. The molecule has 2 N–H and O–H groups in total. The average molecular weight is 703 g/mol. The maximum atomic E-state index is 15.4. The number of ether oxygens (including phenoxy) is 7. The van der Waals surface area contributed by atoms with Crippen LogP contribution in [0.15, 0.2) is 54.6 Å². The molecule has 0 radical (unpaired) electrons. The van der Waals surface area contributed by atoms with Gasteiger partial charge in [-0.3, -0.25) is 14.5 Å². The third kappa shape index (κ3) is 8.56. The van der Waals surface area contributed by atoms with Crippen molar-refractivity contribution in [1.29, 1.82) is 0 Å². The van der Waals surface area contributed by atoms with Gasteiger partial charge in [-0.15, -0.1) is 0 Å². The van der Waals surface area contributed by atoms with E-state index >= 15 is 4.39 Å². The summed E-state index contributed by atoms with van der Waals surface area (Å²) >= 11 is 0. The van der Waals surface area contributed by atoms with Crippen molar-refractivity contribution >= 4 is 23.8 Å². The Kier molecular flexibility index (Phi) is 12.9. The molecule has 0 aliphatic carbocycles. The van der Waals surface area contributed by atoms with E-state index in [2.05, 4.69) is 5.32 Å². The normalized spacial score (nSPS) is 17.2. The highest BCUT2D eigenvalue weighted by molar-refractivity contribution is 6.02. The van der Waals surface area contributed by atoms with Gasteiger partial charge in [-0.25, -0.2) is 18.4 Å². The fourth-order valence-corrected chi connectivity index (χ4v) is 5.46. The van der Waals surface area contributed by atoms with Gasteiger partial charge >= 0.3 is 12.1 Å². The van der Waals surface area contributed by atoms with Gasteiger partial charge in [0.25, 0.3) is 5.91 Å². The van der Waals surface area contributed by atoms with Crippen LogP contribution in [0.25, 0.3) is 0 Å². The first-order valence-corrected chi connectivity index (χ1v) is 15.1. The molecule has 3 unspecified atom stereocenters. The Morgan fingerprint density at radius 2 is 1.50 bits per heavy atom. The van der Waals surface area contributed by atoms with E-state index in [1.807, 2.05) is 0 Å². The summed E-state index contributed by atoms with van der Waals surface area (Å²) in [6, 6.07) is 9.88. The van der Waals surface area contributed by atoms with E-state index in [1.54, 1.807) is 18.2 Å². The standard InChI is InChI=1S/C34H36F2N2O12/c1-44-17-48-24-16-21(35)15-23(36)27(24)29(39)22-11-8-12-38(34(42)43)32(50-33(41)19-9-6-5-7-10-19)28(22)37-31(40)20-13-25(46-3)30(49-18-45-2)26(14-20)47-4/h5-7,9-10,13-16,22,28,32H,8,11-12,17-18H2,1-4H3,(H,37,40)(H,42,43). The van der Waals surface area contributed by atoms with Crippen molar-refractivity contribution in [1.82, 2.24) is 10.2 Å². The Hall–Kier alpha value is -5.48. The maximum absolute atomic E-state index is 15.4. The molecule has 0 bridgehead atoms. The summed E-state index contributed by atoms with van der Waals surface area (Å²) in [6.07, 6.45) is -3.42. The van der Waals surface area contributed by atoms with Crippen LogP contribution in [0.3, 0.4) is 0 Å². The Morgan fingerprint density at radius 1 is 0.860 bits per heavy atom. The van der Waals surface area contributed by atoms with Gasteiger partial charge in [-0.1, -0.05) is 18.2 Å². The molecule has 1 aliphatic rings. The zero-order chi connectivity index (χ0) is 36.4. The van der Waals surface area contributed by atoms with Crippen molar-refractivity contribution in [3.63, 3.8) is 0 Å². The van der Waals surface area contributed by atoms with Crippen LogP contribution >= 0.6 is 0 Å². The maximum Gasteiger partial charge on any atom is 0.410 e. The van der Waals surface area contributed by atoms with Crippen LogP contribution in [0.4, 0.5) is 13.6 Å². The van der Waals surface area contributed by atoms with E-state index in [0.29, 0.717) is 6.07 Å². The van der Waals surface area contributed by atoms with Gasteiger partial charge < -0.3 is 43.6 Å². The van der Waals surface area contributed by atoms with Gasteiger partial charge in [-0.2, -0.15) is 0 Å². The Balaban J connectivity index is 1.85. The third-order valence-electron chi connectivity index (χ3n) is 7.72. The number of benzene rings is 3. The number of hydrogen-bond acceptors (Lipinski definition) is 11. The topological polar surface area (TPSA) is 168 Å². The third-order valence-corrected chi connectivity index (χ3v) is 7.72. The Bertz CT molecular complexity index is 1670. The molecule has 16 heteroatoms. The predicted molar refractivity (Wildman–Crippen MR) is 170 cm³/mol. The average Bonchev–Trinajstić information content (AvgIpc) is 3.28. The second kappa shape index (κ2) is 17.3. The van der Waals surface area contributed by atoms with Crippen LogP contribution in [0.1, 0.15) is 43.9 Å². The van der Waals surface area contributed by atoms with Crippen molar-refractivity contribution in [3.05, 3.63) is 82.9 Å². The van der Waals surface area contributed by atoms with Crippen LogP contribution < -0.4 is 24.3 Å². The molecule has 0 spiro atoms. The number of Topliss-reactive ketones (excluding diaryl/α,β-unsaturated/α-hetero) is 1. The van der Waals surface area contributed by atoms with Gasteiger partial charge in [0, 0.05) is 44.4 Å². The van der Waals surface area contributed by atoms with E-state index in [-0.39, 0.29) is 54.6 Å². The van der Waals surface area contributed by atoms with E-state index in [0.717, 1.165) is 11.0 Å². The van der Waals surface area contributed by atoms with Gasteiger partial charge in [0.05, 0.1) is 31.4 Å². The fraction of sp³-hybridized carbons (Fsp3) is 0.353.